The molecule has 0 saturated heterocycles. The molecule has 3 N–H and O–H groups in total. The lowest BCUT2D eigenvalue weighted by molar-refractivity contribution is 0.105. The highest BCUT2D eigenvalue weighted by Crippen LogP contribution is 2.16. The van der Waals surface area contributed by atoms with Crippen LogP contribution in [0.3, 0.4) is 0 Å². The van der Waals surface area contributed by atoms with Crippen molar-refractivity contribution in [3.63, 3.8) is 0 Å². The van der Waals surface area contributed by atoms with E-state index in [4.69, 9.17) is 5.11 Å². The number of hydrogen-bond acceptors (Lipinski definition) is 5. The molecule has 5 heteroatoms. The van der Waals surface area contributed by atoms with Crippen molar-refractivity contribution < 1.29 is 10.2 Å². The Morgan fingerprint density at radius 3 is 2.17 bits per heavy atom. The number of nitrogens with zero attached hydrogens (tertiary/aromatic N) is 2. The molecule has 0 aromatic carbocycles. The number of aromatic nitrogens is 2. The fourth-order valence-electron chi connectivity index (χ4n) is 1.80. The zero-order valence-corrected chi connectivity index (χ0v) is 11.6. The molecule has 0 aliphatic carbocycles. The SMILES string of the molecule is Cc1nc(NCC(O)CO)nc(C)c1CC(C)C. The smallest absolute Gasteiger partial charge is 0.223 e. The van der Waals surface area contributed by atoms with E-state index in [9.17, 15) is 5.11 Å². The molecule has 1 aromatic heterocycles. The van der Waals surface area contributed by atoms with E-state index in [1.165, 1.54) is 5.56 Å². The quantitative estimate of drug-likeness (QED) is 0.706. The normalized spacial score (nSPS) is 12.8. The minimum atomic E-state index is -0.787. The number of hydrogen-bond donors (Lipinski definition) is 3. The van der Waals surface area contributed by atoms with E-state index in [2.05, 4.69) is 29.1 Å². The van der Waals surface area contributed by atoms with Crippen molar-refractivity contribution >= 4 is 5.95 Å². The molecule has 0 spiro atoms. The van der Waals surface area contributed by atoms with Gasteiger partial charge >= 0.3 is 0 Å². The lowest BCUT2D eigenvalue weighted by Crippen LogP contribution is -2.24. The number of rotatable bonds is 6. The highest BCUT2D eigenvalue weighted by atomic mass is 16.3. The second kappa shape index (κ2) is 6.66. The molecule has 0 radical (unpaired) electrons. The Hall–Kier alpha value is -1.20. The molecule has 0 aliphatic heterocycles. The zero-order valence-electron chi connectivity index (χ0n) is 11.6. The zero-order chi connectivity index (χ0) is 13.7. The summed E-state index contributed by atoms with van der Waals surface area (Å²) in [5.41, 5.74) is 3.13. The highest BCUT2D eigenvalue weighted by Gasteiger charge is 2.10. The molecule has 5 nitrogen and oxygen atoms in total. The van der Waals surface area contributed by atoms with Crippen LogP contribution in [0.4, 0.5) is 5.95 Å². The van der Waals surface area contributed by atoms with Crippen LogP contribution in [0.5, 0.6) is 0 Å². The Labute approximate surface area is 108 Å². The van der Waals surface area contributed by atoms with Crippen molar-refractivity contribution in [2.45, 2.75) is 40.2 Å². The minimum absolute atomic E-state index is 0.249. The van der Waals surface area contributed by atoms with Gasteiger partial charge in [0.1, 0.15) is 0 Å². The van der Waals surface area contributed by atoms with Crippen LogP contribution in [0, 0.1) is 19.8 Å². The summed E-state index contributed by atoms with van der Waals surface area (Å²) in [5, 5.41) is 20.9. The summed E-state index contributed by atoms with van der Waals surface area (Å²) in [6.45, 7) is 8.26. The second-order valence-corrected chi connectivity index (χ2v) is 5.01. The van der Waals surface area contributed by atoms with Gasteiger partial charge in [-0.25, -0.2) is 9.97 Å². The van der Waals surface area contributed by atoms with Crippen molar-refractivity contribution in [3.8, 4) is 0 Å². The van der Waals surface area contributed by atoms with Gasteiger partial charge in [0, 0.05) is 17.9 Å². The van der Waals surface area contributed by atoms with Crippen LogP contribution in [-0.2, 0) is 6.42 Å². The van der Waals surface area contributed by atoms with Crippen molar-refractivity contribution in [2.24, 2.45) is 5.92 Å². The molecule has 0 aliphatic rings. The number of aryl methyl sites for hydroxylation is 2. The molecule has 0 fully saturated rings. The van der Waals surface area contributed by atoms with Gasteiger partial charge in [-0.05, 0) is 31.7 Å². The number of anilines is 1. The third kappa shape index (κ3) is 4.23. The van der Waals surface area contributed by atoms with Gasteiger partial charge in [-0.15, -0.1) is 0 Å². The van der Waals surface area contributed by atoms with Gasteiger partial charge < -0.3 is 15.5 Å². The number of aliphatic hydroxyl groups is 2. The topological polar surface area (TPSA) is 78.3 Å². The molecule has 0 saturated carbocycles. The lowest BCUT2D eigenvalue weighted by Gasteiger charge is -2.14. The average Bonchev–Trinajstić information content (AvgIpc) is 2.30. The fourth-order valence-corrected chi connectivity index (χ4v) is 1.80. The average molecular weight is 253 g/mol. The monoisotopic (exact) mass is 253 g/mol. The second-order valence-electron chi connectivity index (χ2n) is 5.01. The van der Waals surface area contributed by atoms with E-state index in [-0.39, 0.29) is 13.2 Å². The Morgan fingerprint density at radius 1 is 1.17 bits per heavy atom. The third-order valence-corrected chi connectivity index (χ3v) is 2.74. The van der Waals surface area contributed by atoms with Crippen molar-refractivity contribution in [1.82, 2.24) is 9.97 Å². The standard InChI is InChI=1S/C13H23N3O2/c1-8(2)5-12-9(3)15-13(16-10(12)4)14-6-11(18)7-17/h8,11,17-18H,5-7H2,1-4H3,(H,14,15,16). The van der Waals surface area contributed by atoms with Gasteiger partial charge in [-0.3, -0.25) is 0 Å². The van der Waals surface area contributed by atoms with E-state index in [1.54, 1.807) is 0 Å². The van der Waals surface area contributed by atoms with E-state index in [0.717, 1.165) is 17.8 Å². The first-order valence-electron chi connectivity index (χ1n) is 6.31. The summed E-state index contributed by atoms with van der Waals surface area (Å²) >= 11 is 0. The van der Waals surface area contributed by atoms with Gasteiger partial charge in [0.15, 0.2) is 0 Å². The molecule has 0 amide bonds. The molecule has 1 heterocycles. The first kappa shape index (κ1) is 14.9. The number of aliphatic hydroxyl groups excluding tert-OH is 2. The maximum absolute atomic E-state index is 9.26. The Morgan fingerprint density at radius 2 is 1.72 bits per heavy atom. The van der Waals surface area contributed by atoms with Gasteiger partial charge in [0.05, 0.1) is 12.7 Å². The first-order valence-corrected chi connectivity index (χ1v) is 6.31. The third-order valence-electron chi connectivity index (χ3n) is 2.74. The molecule has 1 unspecified atom stereocenters. The molecular weight excluding hydrogens is 230 g/mol. The van der Waals surface area contributed by atoms with Crippen LogP contribution in [0.15, 0.2) is 0 Å². The van der Waals surface area contributed by atoms with Crippen LogP contribution < -0.4 is 5.32 Å². The van der Waals surface area contributed by atoms with E-state index >= 15 is 0 Å². The molecule has 1 rings (SSSR count). The maximum Gasteiger partial charge on any atom is 0.223 e. The van der Waals surface area contributed by atoms with Crippen LogP contribution in [0.1, 0.15) is 30.8 Å². The van der Waals surface area contributed by atoms with Crippen molar-refractivity contribution in [1.29, 1.82) is 0 Å². The van der Waals surface area contributed by atoms with E-state index < -0.39 is 6.10 Å². The summed E-state index contributed by atoms with van der Waals surface area (Å²) < 4.78 is 0. The summed E-state index contributed by atoms with van der Waals surface area (Å²) in [6.07, 6.45) is 0.182. The van der Waals surface area contributed by atoms with Crippen molar-refractivity contribution in [2.75, 3.05) is 18.5 Å². The Balaban J connectivity index is 2.79. The van der Waals surface area contributed by atoms with E-state index in [1.807, 2.05) is 13.8 Å². The Kier molecular flexibility index (Phi) is 5.50. The summed E-state index contributed by atoms with van der Waals surface area (Å²) in [7, 11) is 0. The summed E-state index contributed by atoms with van der Waals surface area (Å²) in [6, 6.07) is 0. The Bertz CT molecular complexity index is 371. The number of nitrogens with one attached hydrogen (secondary N) is 1. The molecular formula is C13H23N3O2. The molecule has 102 valence electrons. The summed E-state index contributed by atoms with van der Waals surface area (Å²) in [5.74, 6) is 1.08. The predicted octanol–water partition coefficient (Wildman–Crippen LogP) is 1.06. The van der Waals surface area contributed by atoms with Crippen LogP contribution in [-0.4, -0.2) is 39.4 Å². The van der Waals surface area contributed by atoms with Gasteiger partial charge in [0.2, 0.25) is 5.95 Å². The fraction of sp³-hybridized carbons (Fsp3) is 0.692. The molecule has 1 aromatic rings. The molecule has 18 heavy (non-hydrogen) atoms. The minimum Gasteiger partial charge on any atom is -0.394 e. The predicted molar refractivity (Wildman–Crippen MR) is 71.6 cm³/mol. The van der Waals surface area contributed by atoms with Gasteiger partial charge in [-0.2, -0.15) is 0 Å². The van der Waals surface area contributed by atoms with Gasteiger partial charge in [0.25, 0.3) is 0 Å². The molecule has 0 bridgehead atoms. The van der Waals surface area contributed by atoms with Crippen LogP contribution >= 0.6 is 0 Å². The van der Waals surface area contributed by atoms with Gasteiger partial charge in [-0.1, -0.05) is 13.8 Å². The summed E-state index contributed by atoms with van der Waals surface area (Å²) in [4.78, 5) is 8.76. The molecule has 1 atom stereocenters. The van der Waals surface area contributed by atoms with Crippen LogP contribution in [0.25, 0.3) is 0 Å². The maximum atomic E-state index is 9.26. The highest BCUT2D eigenvalue weighted by molar-refractivity contribution is 5.34. The van der Waals surface area contributed by atoms with E-state index in [0.29, 0.717) is 11.9 Å². The lowest BCUT2D eigenvalue weighted by atomic mass is 10.0. The van der Waals surface area contributed by atoms with Crippen molar-refractivity contribution in [3.05, 3.63) is 17.0 Å². The van der Waals surface area contributed by atoms with Crippen LogP contribution in [0.2, 0.25) is 0 Å². The largest absolute Gasteiger partial charge is 0.394 e. The first-order chi connectivity index (χ1) is 8.43.